The van der Waals surface area contributed by atoms with Crippen LogP contribution < -0.4 is 4.74 Å². The summed E-state index contributed by atoms with van der Waals surface area (Å²) in [7, 11) is 0. The van der Waals surface area contributed by atoms with Crippen molar-refractivity contribution in [3.63, 3.8) is 0 Å². The molecule has 0 saturated carbocycles. The quantitative estimate of drug-likeness (QED) is 0.820. The second-order valence-electron chi connectivity index (χ2n) is 4.20. The first-order chi connectivity index (χ1) is 7.88. The Bertz CT molecular complexity index is 321. The van der Waals surface area contributed by atoms with E-state index in [1.54, 1.807) is 0 Å². The molecule has 0 aliphatic carbocycles. The minimum absolute atomic E-state index is 0.0727. The number of nitrogens with zero attached hydrogens (tertiary/aromatic N) is 1. The maximum atomic E-state index is 9.00. The topological polar surface area (TPSA) is 32.7 Å². The molecule has 0 radical (unpaired) electrons. The summed E-state index contributed by atoms with van der Waals surface area (Å²) in [5.74, 6) is 0.853. The smallest absolute Gasteiger partial charge is 0.119 e. The van der Waals surface area contributed by atoms with Crippen LogP contribution in [0.4, 0.5) is 0 Å². The first-order valence-electron chi connectivity index (χ1n) is 5.93. The molecule has 1 saturated heterocycles. The Hall–Kier alpha value is -1.06. The van der Waals surface area contributed by atoms with Crippen LogP contribution in [0.3, 0.4) is 0 Å². The molecule has 1 fully saturated rings. The lowest BCUT2D eigenvalue weighted by Crippen LogP contribution is -2.25. The highest BCUT2D eigenvalue weighted by atomic mass is 16.5. The molecule has 1 N–H and O–H groups in total. The van der Waals surface area contributed by atoms with E-state index < -0.39 is 0 Å². The number of hydrogen-bond acceptors (Lipinski definition) is 3. The third-order valence-electron chi connectivity index (χ3n) is 2.96. The van der Waals surface area contributed by atoms with E-state index in [9.17, 15) is 0 Å². The molecule has 0 aromatic heterocycles. The lowest BCUT2D eigenvalue weighted by atomic mass is 10.2. The van der Waals surface area contributed by atoms with Gasteiger partial charge in [-0.1, -0.05) is 12.1 Å². The lowest BCUT2D eigenvalue weighted by molar-refractivity contribution is 0.236. The highest BCUT2D eigenvalue weighted by molar-refractivity contribution is 5.27. The Kier molecular flexibility index (Phi) is 4.19. The number of rotatable bonds is 5. The van der Waals surface area contributed by atoms with Gasteiger partial charge in [0.1, 0.15) is 12.4 Å². The van der Waals surface area contributed by atoms with Gasteiger partial charge in [0.2, 0.25) is 0 Å². The maximum Gasteiger partial charge on any atom is 0.119 e. The fourth-order valence-corrected chi connectivity index (χ4v) is 2.03. The summed E-state index contributed by atoms with van der Waals surface area (Å²) in [6.45, 7) is 4.22. The molecule has 1 aliphatic rings. The van der Waals surface area contributed by atoms with Gasteiger partial charge in [0.05, 0.1) is 6.61 Å². The fourth-order valence-electron chi connectivity index (χ4n) is 2.03. The molecular weight excluding hydrogens is 202 g/mol. The van der Waals surface area contributed by atoms with Gasteiger partial charge in [-0.25, -0.2) is 0 Å². The molecular formula is C13H19NO2. The number of ether oxygens (including phenoxy) is 1. The predicted octanol–water partition coefficient (Wildman–Crippen LogP) is 1.65. The Morgan fingerprint density at radius 1 is 1.25 bits per heavy atom. The molecule has 3 heteroatoms. The molecule has 0 bridgehead atoms. The first kappa shape index (κ1) is 11.4. The van der Waals surface area contributed by atoms with Crippen LogP contribution in [0.25, 0.3) is 0 Å². The van der Waals surface area contributed by atoms with Gasteiger partial charge >= 0.3 is 0 Å². The molecule has 1 heterocycles. The van der Waals surface area contributed by atoms with Crippen molar-refractivity contribution in [1.82, 2.24) is 4.90 Å². The van der Waals surface area contributed by atoms with Crippen LogP contribution in [-0.2, 0) is 6.61 Å². The summed E-state index contributed by atoms with van der Waals surface area (Å²) in [4.78, 5) is 2.43. The monoisotopic (exact) mass is 221 g/mol. The molecule has 1 aromatic carbocycles. The molecule has 0 amide bonds. The van der Waals surface area contributed by atoms with Gasteiger partial charge in [-0.3, -0.25) is 4.90 Å². The van der Waals surface area contributed by atoms with E-state index in [4.69, 9.17) is 9.84 Å². The first-order valence-corrected chi connectivity index (χ1v) is 5.93. The highest BCUT2D eigenvalue weighted by Crippen LogP contribution is 2.13. The van der Waals surface area contributed by atoms with E-state index in [0.717, 1.165) is 24.5 Å². The number of aliphatic hydroxyl groups excluding tert-OH is 1. The molecule has 1 aromatic rings. The van der Waals surface area contributed by atoms with Gasteiger partial charge in [-0.2, -0.15) is 0 Å². The minimum atomic E-state index is 0.0727. The third-order valence-corrected chi connectivity index (χ3v) is 2.96. The van der Waals surface area contributed by atoms with Crippen molar-refractivity contribution >= 4 is 0 Å². The van der Waals surface area contributed by atoms with Crippen LogP contribution in [0.5, 0.6) is 5.75 Å². The molecule has 88 valence electrons. The summed E-state index contributed by atoms with van der Waals surface area (Å²) in [6.07, 6.45) is 2.64. The van der Waals surface area contributed by atoms with Crippen molar-refractivity contribution in [2.24, 2.45) is 0 Å². The van der Waals surface area contributed by atoms with E-state index in [0.29, 0.717) is 0 Å². The van der Waals surface area contributed by atoms with Crippen LogP contribution in [0.1, 0.15) is 18.4 Å². The fraction of sp³-hybridized carbons (Fsp3) is 0.538. The molecule has 0 atom stereocenters. The average molecular weight is 221 g/mol. The van der Waals surface area contributed by atoms with Gasteiger partial charge in [0.25, 0.3) is 0 Å². The third kappa shape index (κ3) is 3.22. The van der Waals surface area contributed by atoms with E-state index in [2.05, 4.69) is 4.90 Å². The van der Waals surface area contributed by atoms with Crippen molar-refractivity contribution < 1.29 is 9.84 Å². The summed E-state index contributed by atoms with van der Waals surface area (Å²) < 4.78 is 5.66. The Morgan fingerprint density at radius 2 is 2.06 bits per heavy atom. The second kappa shape index (κ2) is 5.87. The predicted molar refractivity (Wildman–Crippen MR) is 63.5 cm³/mol. The summed E-state index contributed by atoms with van der Waals surface area (Å²) in [5, 5.41) is 9.00. The largest absolute Gasteiger partial charge is 0.492 e. The second-order valence-corrected chi connectivity index (χ2v) is 4.20. The zero-order valence-electron chi connectivity index (χ0n) is 9.56. The average Bonchev–Trinajstić information content (AvgIpc) is 2.82. The van der Waals surface area contributed by atoms with Gasteiger partial charge in [0, 0.05) is 6.54 Å². The summed E-state index contributed by atoms with van der Waals surface area (Å²) >= 11 is 0. The van der Waals surface area contributed by atoms with Gasteiger partial charge < -0.3 is 9.84 Å². The molecule has 3 nitrogen and oxygen atoms in total. The normalized spacial score (nSPS) is 16.6. The number of likely N-dealkylation sites (tertiary alicyclic amines) is 1. The summed E-state index contributed by atoms with van der Waals surface area (Å²) in [6, 6.07) is 7.64. The standard InChI is InChI=1S/C13H19NO2/c15-11-12-4-3-5-13(10-12)16-9-8-14-6-1-2-7-14/h3-5,10,15H,1-2,6-9,11H2. The summed E-state index contributed by atoms with van der Waals surface area (Å²) in [5.41, 5.74) is 0.902. The van der Waals surface area contributed by atoms with E-state index >= 15 is 0 Å². The van der Waals surface area contributed by atoms with Crippen molar-refractivity contribution in [3.8, 4) is 5.75 Å². The van der Waals surface area contributed by atoms with Crippen molar-refractivity contribution in [2.45, 2.75) is 19.4 Å². The van der Waals surface area contributed by atoms with E-state index in [-0.39, 0.29) is 6.61 Å². The number of benzene rings is 1. The highest BCUT2D eigenvalue weighted by Gasteiger charge is 2.10. The van der Waals surface area contributed by atoms with Crippen LogP contribution in [0.15, 0.2) is 24.3 Å². The molecule has 2 rings (SSSR count). The number of aliphatic hydroxyl groups is 1. The molecule has 1 aliphatic heterocycles. The lowest BCUT2D eigenvalue weighted by Gasteiger charge is -2.15. The SMILES string of the molecule is OCc1cccc(OCCN2CCCC2)c1. The van der Waals surface area contributed by atoms with E-state index in [1.807, 2.05) is 24.3 Å². The van der Waals surface area contributed by atoms with Gasteiger partial charge in [-0.05, 0) is 43.6 Å². The zero-order valence-corrected chi connectivity index (χ0v) is 9.56. The van der Waals surface area contributed by atoms with Crippen molar-refractivity contribution in [3.05, 3.63) is 29.8 Å². The molecule has 0 spiro atoms. The van der Waals surface area contributed by atoms with Gasteiger partial charge in [-0.15, -0.1) is 0 Å². The minimum Gasteiger partial charge on any atom is -0.492 e. The Balaban J connectivity index is 1.75. The van der Waals surface area contributed by atoms with Crippen LogP contribution >= 0.6 is 0 Å². The zero-order chi connectivity index (χ0) is 11.2. The Morgan fingerprint density at radius 3 is 2.81 bits per heavy atom. The van der Waals surface area contributed by atoms with Crippen LogP contribution in [0, 0.1) is 0 Å². The van der Waals surface area contributed by atoms with E-state index in [1.165, 1.54) is 25.9 Å². The van der Waals surface area contributed by atoms with Crippen LogP contribution in [0.2, 0.25) is 0 Å². The van der Waals surface area contributed by atoms with Crippen LogP contribution in [-0.4, -0.2) is 36.2 Å². The molecule has 16 heavy (non-hydrogen) atoms. The van der Waals surface area contributed by atoms with Crippen molar-refractivity contribution in [2.75, 3.05) is 26.2 Å². The Labute approximate surface area is 96.6 Å². The van der Waals surface area contributed by atoms with Gasteiger partial charge in [0.15, 0.2) is 0 Å². The van der Waals surface area contributed by atoms with Crippen molar-refractivity contribution in [1.29, 1.82) is 0 Å². The number of hydrogen-bond donors (Lipinski definition) is 1. The molecule has 0 unspecified atom stereocenters. The maximum absolute atomic E-state index is 9.00.